The molecule has 0 fully saturated rings. The third-order valence-electron chi connectivity index (χ3n) is 2.29. The van der Waals surface area contributed by atoms with Crippen molar-refractivity contribution in [1.29, 1.82) is 0 Å². The van der Waals surface area contributed by atoms with E-state index < -0.39 is 8.56 Å². The first-order chi connectivity index (χ1) is 6.79. The molecule has 1 rings (SSSR count). The summed E-state index contributed by atoms with van der Waals surface area (Å²) >= 11 is 0. The van der Waals surface area contributed by atoms with Crippen molar-refractivity contribution in [1.82, 2.24) is 0 Å². The molecule has 0 saturated heterocycles. The van der Waals surface area contributed by atoms with E-state index in [9.17, 15) is 0 Å². The van der Waals surface area contributed by atoms with Crippen LogP contribution in [0.4, 0.5) is 0 Å². The first-order valence-corrected chi connectivity index (χ1v) is 6.58. The summed E-state index contributed by atoms with van der Waals surface area (Å²) in [7, 11) is 1.16. The van der Waals surface area contributed by atoms with Gasteiger partial charge in [-0.3, -0.25) is 0 Å². The van der Waals surface area contributed by atoms with Crippen molar-refractivity contribution in [3.05, 3.63) is 43.0 Å². The Balaban J connectivity index is 3.03. The minimum atomic E-state index is -2.24. The van der Waals surface area contributed by atoms with Gasteiger partial charge >= 0.3 is 8.56 Å². The lowest BCUT2D eigenvalue weighted by Crippen LogP contribution is -2.51. The molecule has 0 aromatic heterocycles. The standard InChI is InChI=1S/C11H16O2Si/c1-4-10-14(12-2,13-3)11-8-6-5-7-9-11/h4-9H,1,10H2,2-3H3. The Labute approximate surface area is 86.4 Å². The van der Waals surface area contributed by atoms with Gasteiger partial charge in [0.1, 0.15) is 0 Å². The molecule has 76 valence electrons. The highest BCUT2D eigenvalue weighted by atomic mass is 28.4. The van der Waals surface area contributed by atoms with Crippen LogP contribution in [0, 0.1) is 0 Å². The van der Waals surface area contributed by atoms with Crippen LogP contribution in [0.25, 0.3) is 0 Å². The van der Waals surface area contributed by atoms with E-state index in [4.69, 9.17) is 8.85 Å². The number of rotatable bonds is 5. The zero-order valence-electron chi connectivity index (χ0n) is 8.69. The summed E-state index contributed by atoms with van der Waals surface area (Å²) in [4.78, 5) is 0. The van der Waals surface area contributed by atoms with Gasteiger partial charge in [0.15, 0.2) is 0 Å². The Hall–Kier alpha value is -0.903. The SMILES string of the molecule is C=CC[Si](OC)(OC)c1ccccc1. The molecular formula is C11H16O2Si. The summed E-state index contributed by atoms with van der Waals surface area (Å²) in [5.41, 5.74) is 0. The van der Waals surface area contributed by atoms with Crippen LogP contribution >= 0.6 is 0 Å². The van der Waals surface area contributed by atoms with E-state index in [0.29, 0.717) is 0 Å². The molecule has 0 aliphatic rings. The topological polar surface area (TPSA) is 18.5 Å². The monoisotopic (exact) mass is 208 g/mol. The van der Waals surface area contributed by atoms with Crippen molar-refractivity contribution in [2.75, 3.05) is 14.2 Å². The number of allylic oxidation sites excluding steroid dienone is 1. The van der Waals surface area contributed by atoms with Crippen molar-refractivity contribution in [2.24, 2.45) is 0 Å². The Bertz CT molecular complexity index is 281. The van der Waals surface area contributed by atoms with Gasteiger partial charge in [0.25, 0.3) is 0 Å². The molecular weight excluding hydrogens is 192 g/mol. The molecule has 0 amide bonds. The summed E-state index contributed by atoms with van der Waals surface area (Å²) in [6.45, 7) is 3.74. The largest absolute Gasteiger partial charge is 0.394 e. The molecule has 0 aliphatic heterocycles. The molecule has 0 unspecified atom stereocenters. The molecule has 1 aromatic rings. The Morgan fingerprint density at radius 3 is 2.21 bits per heavy atom. The zero-order valence-corrected chi connectivity index (χ0v) is 9.69. The predicted octanol–water partition coefficient (Wildman–Crippen LogP) is 1.81. The lowest BCUT2D eigenvalue weighted by atomic mass is 10.4. The van der Waals surface area contributed by atoms with Gasteiger partial charge in [-0.05, 0) is 5.19 Å². The second-order valence-corrected chi connectivity index (χ2v) is 6.33. The van der Waals surface area contributed by atoms with E-state index in [0.717, 1.165) is 11.2 Å². The van der Waals surface area contributed by atoms with Crippen molar-refractivity contribution in [3.63, 3.8) is 0 Å². The Kier molecular flexibility index (Phi) is 4.07. The lowest BCUT2D eigenvalue weighted by Gasteiger charge is -2.26. The van der Waals surface area contributed by atoms with Crippen LogP contribution in [0.5, 0.6) is 0 Å². The number of benzene rings is 1. The van der Waals surface area contributed by atoms with Crippen LogP contribution in [0.2, 0.25) is 6.04 Å². The molecule has 0 saturated carbocycles. The average molecular weight is 208 g/mol. The highest BCUT2D eigenvalue weighted by Gasteiger charge is 2.36. The van der Waals surface area contributed by atoms with Crippen LogP contribution in [0.1, 0.15) is 0 Å². The molecule has 1 aromatic carbocycles. The minimum absolute atomic E-state index is 0.768. The van der Waals surface area contributed by atoms with Crippen LogP contribution in [-0.2, 0) is 8.85 Å². The summed E-state index contributed by atoms with van der Waals surface area (Å²) < 4.78 is 11.1. The third kappa shape index (κ3) is 2.12. The molecule has 0 radical (unpaired) electrons. The first-order valence-electron chi connectivity index (χ1n) is 4.56. The normalized spacial score (nSPS) is 11.3. The Morgan fingerprint density at radius 2 is 1.79 bits per heavy atom. The van der Waals surface area contributed by atoms with Crippen LogP contribution in [-0.4, -0.2) is 22.8 Å². The van der Waals surface area contributed by atoms with Crippen LogP contribution < -0.4 is 5.19 Å². The average Bonchev–Trinajstić information content (AvgIpc) is 2.27. The van der Waals surface area contributed by atoms with Crippen LogP contribution in [0.15, 0.2) is 43.0 Å². The smallest absolute Gasteiger partial charge is 0.375 e. The highest BCUT2D eigenvalue weighted by Crippen LogP contribution is 2.12. The number of hydrogen-bond acceptors (Lipinski definition) is 2. The molecule has 0 heterocycles. The van der Waals surface area contributed by atoms with Gasteiger partial charge in [0.05, 0.1) is 0 Å². The van der Waals surface area contributed by atoms with Crippen molar-refractivity contribution in [3.8, 4) is 0 Å². The van der Waals surface area contributed by atoms with Gasteiger partial charge in [0.2, 0.25) is 0 Å². The molecule has 2 nitrogen and oxygen atoms in total. The molecule has 0 bridgehead atoms. The molecule has 0 N–H and O–H groups in total. The van der Waals surface area contributed by atoms with E-state index in [1.807, 2.05) is 36.4 Å². The predicted molar refractivity (Wildman–Crippen MR) is 60.9 cm³/mol. The first kappa shape index (κ1) is 11.2. The van der Waals surface area contributed by atoms with E-state index in [1.165, 1.54) is 0 Å². The quantitative estimate of drug-likeness (QED) is 0.543. The molecule has 14 heavy (non-hydrogen) atoms. The fraction of sp³-hybridized carbons (Fsp3) is 0.273. The summed E-state index contributed by atoms with van der Waals surface area (Å²) in [6, 6.07) is 10.8. The minimum Gasteiger partial charge on any atom is -0.394 e. The van der Waals surface area contributed by atoms with E-state index in [1.54, 1.807) is 14.2 Å². The maximum atomic E-state index is 5.56. The third-order valence-corrected chi connectivity index (χ3v) is 5.64. The second kappa shape index (κ2) is 5.10. The molecule has 0 aliphatic carbocycles. The fourth-order valence-corrected chi connectivity index (χ4v) is 3.77. The maximum absolute atomic E-state index is 5.56. The van der Waals surface area contributed by atoms with Gasteiger partial charge in [-0.2, -0.15) is 0 Å². The van der Waals surface area contributed by atoms with Gasteiger partial charge < -0.3 is 8.85 Å². The molecule has 0 atom stereocenters. The summed E-state index contributed by atoms with van der Waals surface area (Å²) in [5, 5.41) is 1.14. The lowest BCUT2D eigenvalue weighted by molar-refractivity contribution is 0.261. The van der Waals surface area contributed by atoms with Crippen molar-refractivity contribution >= 4 is 13.7 Å². The molecule has 3 heteroatoms. The van der Waals surface area contributed by atoms with Gasteiger partial charge in [-0.25, -0.2) is 0 Å². The van der Waals surface area contributed by atoms with Gasteiger partial charge in [-0.1, -0.05) is 36.4 Å². The second-order valence-electron chi connectivity index (χ2n) is 3.02. The fourth-order valence-electron chi connectivity index (χ4n) is 1.49. The zero-order chi connectivity index (χ0) is 10.4. The van der Waals surface area contributed by atoms with Gasteiger partial charge in [-0.15, -0.1) is 6.58 Å². The Morgan fingerprint density at radius 1 is 1.21 bits per heavy atom. The van der Waals surface area contributed by atoms with Crippen LogP contribution in [0.3, 0.4) is 0 Å². The van der Waals surface area contributed by atoms with E-state index in [2.05, 4.69) is 6.58 Å². The summed E-state index contributed by atoms with van der Waals surface area (Å²) in [6.07, 6.45) is 1.85. The van der Waals surface area contributed by atoms with Gasteiger partial charge in [0, 0.05) is 20.3 Å². The molecule has 0 spiro atoms. The number of hydrogen-bond donors (Lipinski definition) is 0. The highest BCUT2D eigenvalue weighted by molar-refractivity contribution is 6.81. The van der Waals surface area contributed by atoms with E-state index in [-0.39, 0.29) is 0 Å². The maximum Gasteiger partial charge on any atom is 0.375 e. The van der Waals surface area contributed by atoms with Crippen molar-refractivity contribution in [2.45, 2.75) is 6.04 Å². The van der Waals surface area contributed by atoms with E-state index >= 15 is 0 Å². The van der Waals surface area contributed by atoms with Crippen molar-refractivity contribution < 1.29 is 8.85 Å². The summed E-state index contributed by atoms with van der Waals surface area (Å²) in [5.74, 6) is 0.